The van der Waals surface area contributed by atoms with E-state index in [1.54, 1.807) is 42.3 Å². The summed E-state index contributed by atoms with van der Waals surface area (Å²) in [5.41, 5.74) is 7.56. The van der Waals surface area contributed by atoms with Crippen LogP contribution in [-0.4, -0.2) is 35.1 Å². The lowest BCUT2D eigenvalue weighted by atomic mass is 10.1. The van der Waals surface area contributed by atoms with Crippen molar-refractivity contribution < 1.29 is 9.53 Å². The topological polar surface area (TPSA) is 106 Å². The summed E-state index contributed by atoms with van der Waals surface area (Å²) in [6.45, 7) is 0. The van der Waals surface area contributed by atoms with Gasteiger partial charge in [-0.2, -0.15) is 0 Å². The average molecular weight is 385 g/mol. The monoisotopic (exact) mass is 384 g/mol. The van der Waals surface area contributed by atoms with Gasteiger partial charge in [0.15, 0.2) is 11.6 Å². The fraction of sp³-hybridized carbons (Fsp3) is 0.111. The molecule has 0 saturated heterocycles. The predicted molar refractivity (Wildman–Crippen MR) is 105 cm³/mol. The van der Waals surface area contributed by atoms with Gasteiger partial charge in [-0.1, -0.05) is 23.7 Å². The highest BCUT2D eigenvalue weighted by atomic mass is 35.5. The lowest BCUT2D eigenvalue weighted by Gasteiger charge is -2.22. The minimum absolute atomic E-state index is 0.302. The van der Waals surface area contributed by atoms with Crippen LogP contribution < -0.4 is 16.0 Å². The van der Waals surface area contributed by atoms with Crippen LogP contribution >= 0.6 is 11.6 Å². The van der Waals surface area contributed by atoms with Crippen LogP contribution in [0.25, 0.3) is 0 Å². The quantitative estimate of drug-likeness (QED) is 0.644. The number of halogens is 1. The van der Waals surface area contributed by atoms with Crippen LogP contribution in [0.1, 0.15) is 10.4 Å². The molecule has 3 rings (SSSR count). The van der Waals surface area contributed by atoms with Gasteiger partial charge in [0.2, 0.25) is 0 Å². The summed E-state index contributed by atoms with van der Waals surface area (Å²) >= 11 is 5.85. The van der Waals surface area contributed by atoms with E-state index < -0.39 is 5.97 Å². The molecule has 2 heterocycles. The van der Waals surface area contributed by atoms with Gasteiger partial charge < -0.3 is 20.7 Å². The Morgan fingerprint density at radius 2 is 1.96 bits per heavy atom. The zero-order valence-electron chi connectivity index (χ0n) is 14.7. The summed E-state index contributed by atoms with van der Waals surface area (Å²) in [6, 6.07) is 10.4. The van der Waals surface area contributed by atoms with Gasteiger partial charge in [-0.3, -0.25) is 0 Å². The van der Waals surface area contributed by atoms with Crippen LogP contribution in [0.5, 0.6) is 0 Å². The van der Waals surface area contributed by atoms with Crippen molar-refractivity contribution in [3.05, 3.63) is 59.5 Å². The minimum Gasteiger partial charge on any atom is -0.465 e. The van der Waals surface area contributed by atoms with E-state index in [9.17, 15) is 4.79 Å². The Hall–Kier alpha value is -3.39. The highest BCUT2D eigenvalue weighted by Gasteiger charge is 2.19. The van der Waals surface area contributed by atoms with Gasteiger partial charge in [0, 0.05) is 13.2 Å². The molecule has 0 radical (unpaired) electrons. The largest absolute Gasteiger partial charge is 0.465 e. The molecule has 0 fully saturated rings. The molecule has 138 valence electrons. The Kier molecular flexibility index (Phi) is 5.37. The maximum Gasteiger partial charge on any atom is 0.339 e. The van der Waals surface area contributed by atoms with Crippen molar-refractivity contribution >= 4 is 46.4 Å². The van der Waals surface area contributed by atoms with Gasteiger partial charge in [0.1, 0.15) is 17.8 Å². The number of nitrogens with one attached hydrogen (secondary N) is 1. The predicted octanol–water partition coefficient (Wildman–Crippen LogP) is 3.41. The first-order chi connectivity index (χ1) is 13.0. The Morgan fingerprint density at radius 3 is 2.67 bits per heavy atom. The number of anilines is 5. The molecule has 3 N–H and O–H groups in total. The van der Waals surface area contributed by atoms with E-state index in [2.05, 4.69) is 20.3 Å². The fourth-order valence-corrected chi connectivity index (χ4v) is 2.60. The van der Waals surface area contributed by atoms with Crippen molar-refractivity contribution in [1.29, 1.82) is 0 Å². The third kappa shape index (κ3) is 3.90. The molecule has 0 aliphatic carbocycles. The molecule has 0 spiro atoms. The highest BCUT2D eigenvalue weighted by Crippen LogP contribution is 2.33. The Balaban J connectivity index is 1.96. The number of nitrogen functional groups attached to an aromatic ring is 1. The summed E-state index contributed by atoms with van der Waals surface area (Å²) in [5, 5.41) is 3.55. The number of methoxy groups -OCH3 is 1. The van der Waals surface area contributed by atoms with Crippen LogP contribution in [0.15, 0.2) is 48.9 Å². The number of nitrogens with two attached hydrogens (primary N) is 1. The Morgan fingerprint density at radius 1 is 1.19 bits per heavy atom. The zero-order chi connectivity index (χ0) is 19.4. The fourth-order valence-electron chi connectivity index (χ4n) is 2.49. The van der Waals surface area contributed by atoms with E-state index in [0.29, 0.717) is 39.4 Å². The molecule has 0 unspecified atom stereocenters. The van der Waals surface area contributed by atoms with Crippen molar-refractivity contribution in [2.24, 2.45) is 0 Å². The molecule has 27 heavy (non-hydrogen) atoms. The number of aromatic nitrogens is 3. The number of carbonyl (C=O) groups is 1. The lowest BCUT2D eigenvalue weighted by Crippen LogP contribution is -2.18. The van der Waals surface area contributed by atoms with E-state index in [-0.39, 0.29) is 0 Å². The maximum atomic E-state index is 12.0. The molecular formula is C18H17ClN6O2. The zero-order valence-corrected chi connectivity index (χ0v) is 15.4. The number of ether oxygens (including phenoxy) is 1. The number of carbonyl (C=O) groups excluding carboxylic acids is 1. The van der Waals surface area contributed by atoms with E-state index in [4.69, 9.17) is 22.1 Å². The first-order valence-corrected chi connectivity index (χ1v) is 8.29. The number of benzene rings is 1. The van der Waals surface area contributed by atoms with E-state index in [1.807, 2.05) is 6.07 Å². The molecule has 0 amide bonds. The molecule has 9 heteroatoms. The Bertz CT molecular complexity index is 964. The normalized spacial score (nSPS) is 10.3. The van der Waals surface area contributed by atoms with E-state index >= 15 is 0 Å². The molecule has 0 aliphatic rings. The van der Waals surface area contributed by atoms with Crippen LogP contribution in [0.2, 0.25) is 5.02 Å². The number of pyridine rings is 1. The van der Waals surface area contributed by atoms with Crippen molar-refractivity contribution in [3.63, 3.8) is 0 Å². The third-order valence-corrected chi connectivity index (χ3v) is 4.05. The van der Waals surface area contributed by atoms with Gasteiger partial charge in [0.25, 0.3) is 0 Å². The van der Waals surface area contributed by atoms with E-state index in [1.165, 1.54) is 19.6 Å². The molecule has 1 aromatic carbocycles. The van der Waals surface area contributed by atoms with E-state index in [0.717, 1.165) is 0 Å². The number of hydrogen-bond acceptors (Lipinski definition) is 8. The lowest BCUT2D eigenvalue weighted by molar-refractivity contribution is 0.0601. The molecule has 0 bridgehead atoms. The first kappa shape index (κ1) is 18.4. The molecule has 2 aromatic heterocycles. The van der Waals surface area contributed by atoms with Gasteiger partial charge >= 0.3 is 5.97 Å². The summed E-state index contributed by atoms with van der Waals surface area (Å²) in [5.74, 6) is 0.900. The number of esters is 1. The first-order valence-electron chi connectivity index (χ1n) is 7.91. The molecule has 8 nitrogen and oxygen atoms in total. The molecular weight excluding hydrogens is 368 g/mol. The van der Waals surface area contributed by atoms with Gasteiger partial charge in [-0.05, 0) is 24.3 Å². The van der Waals surface area contributed by atoms with Crippen LogP contribution in [-0.2, 0) is 4.74 Å². The summed E-state index contributed by atoms with van der Waals surface area (Å²) in [4.78, 5) is 26.3. The number of rotatable bonds is 5. The third-order valence-electron chi connectivity index (χ3n) is 3.83. The van der Waals surface area contributed by atoms with Crippen LogP contribution in [0.3, 0.4) is 0 Å². The number of para-hydroxylation sites is 1. The van der Waals surface area contributed by atoms with Crippen LogP contribution in [0.4, 0.5) is 28.8 Å². The molecule has 0 saturated carbocycles. The van der Waals surface area contributed by atoms with Crippen LogP contribution in [0, 0.1) is 0 Å². The Labute approximate surface area is 161 Å². The molecule has 3 aromatic rings. The van der Waals surface area contributed by atoms with Gasteiger partial charge in [-0.25, -0.2) is 19.7 Å². The molecule has 0 aliphatic heterocycles. The smallest absolute Gasteiger partial charge is 0.339 e. The second-order valence-corrected chi connectivity index (χ2v) is 5.95. The number of nitrogens with zero attached hydrogens (tertiary/aromatic N) is 4. The summed E-state index contributed by atoms with van der Waals surface area (Å²) < 4.78 is 4.84. The summed E-state index contributed by atoms with van der Waals surface area (Å²) in [7, 11) is 3.09. The summed E-state index contributed by atoms with van der Waals surface area (Å²) in [6.07, 6.45) is 2.89. The standard InChI is InChI=1S/C18H17ClN6O2/c1-25(13-6-4-3-5-12(13)18(26)27-2)17-15(20)16(22-10-23-17)24-14-8-7-11(19)9-21-14/h3-10H,20H2,1-2H3,(H,21,22,23,24). The van der Waals surface area contributed by atoms with Gasteiger partial charge in [0.05, 0.1) is 23.4 Å². The maximum absolute atomic E-state index is 12.0. The van der Waals surface area contributed by atoms with Crippen molar-refractivity contribution in [2.45, 2.75) is 0 Å². The van der Waals surface area contributed by atoms with Crippen molar-refractivity contribution in [2.75, 3.05) is 30.1 Å². The minimum atomic E-state index is -0.450. The average Bonchev–Trinajstić information content (AvgIpc) is 2.70. The second-order valence-electron chi connectivity index (χ2n) is 5.51. The highest BCUT2D eigenvalue weighted by molar-refractivity contribution is 6.30. The van der Waals surface area contributed by atoms with Crippen molar-refractivity contribution in [1.82, 2.24) is 15.0 Å². The van der Waals surface area contributed by atoms with Crippen molar-refractivity contribution in [3.8, 4) is 0 Å². The SMILES string of the molecule is COC(=O)c1ccccc1N(C)c1ncnc(Nc2ccc(Cl)cn2)c1N. The van der Waals surface area contributed by atoms with Gasteiger partial charge in [-0.15, -0.1) is 0 Å². The molecule has 0 atom stereocenters. The second kappa shape index (κ2) is 7.88. The number of hydrogen-bond donors (Lipinski definition) is 2.